The molecule has 3 aromatic carbocycles. The maximum atomic E-state index is 12.9. The fourth-order valence-corrected chi connectivity index (χ4v) is 9.18. The van der Waals surface area contributed by atoms with Crippen molar-refractivity contribution in [2.75, 3.05) is 93.3 Å². The minimum Gasteiger partial charge on any atom is -0.497 e. The Morgan fingerprint density at radius 1 is 0.554 bits per heavy atom. The van der Waals surface area contributed by atoms with E-state index in [1.165, 1.54) is 0 Å². The van der Waals surface area contributed by atoms with Gasteiger partial charge < -0.3 is 43.9 Å². The molecule has 3 atom stereocenters. The Labute approximate surface area is 393 Å². The fraction of sp³-hybridized carbons (Fsp3) is 0.551. The Hall–Kier alpha value is -4.90. The van der Waals surface area contributed by atoms with Crippen molar-refractivity contribution in [2.45, 2.75) is 82.2 Å². The van der Waals surface area contributed by atoms with Crippen LogP contribution in [0.25, 0.3) is 0 Å². The maximum Gasteiger partial charge on any atom is 0.410 e. The number of carbonyl (C=O) groups excluding carboxylic acids is 4. The monoisotopic (exact) mass is 961 g/mol. The van der Waals surface area contributed by atoms with E-state index in [9.17, 15) is 19.2 Å². The Balaban J connectivity index is 0.000000168. The Morgan fingerprint density at radius 2 is 0.923 bits per heavy atom. The van der Waals surface area contributed by atoms with Crippen LogP contribution < -0.4 is 19.5 Å². The third-order valence-corrected chi connectivity index (χ3v) is 13.2. The van der Waals surface area contributed by atoms with Crippen molar-refractivity contribution in [3.63, 3.8) is 0 Å². The average Bonchev–Trinajstić information content (AvgIpc) is 3.98. The van der Waals surface area contributed by atoms with E-state index in [2.05, 4.69) is 31.0 Å². The second-order valence-electron chi connectivity index (χ2n) is 18.0. The van der Waals surface area contributed by atoms with Gasteiger partial charge in [0.05, 0.1) is 38.2 Å². The summed E-state index contributed by atoms with van der Waals surface area (Å²) < 4.78 is 20.9. The van der Waals surface area contributed by atoms with Gasteiger partial charge in [-0.3, -0.25) is 24.2 Å². The van der Waals surface area contributed by atoms with E-state index in [4.69, 9.17) is 18.9 Å². The van der Waals surface area contributed by atoms with Crippen LogP contribution in [-0.4, -0.2) is 169 Å². The molecular weight excluding hydrogens is 894 g/mol. The molecule has 5 saturated heterocycles. The summed E-state index contributed by atoms with van der Waals surface area (Å²) in [5.74, 6) is 3.17. The molecule has 5 heterocycles. The van der Waals surface area contributed by atoms with Gasteiger partial charge in [-0.05, 0) is 93.1 Å². The maximum absolute atomic E-state index is 12.9. The van der Waals surface area contributed by atoms with Gasteiger partial charge in [-0.15, -0.1) is 0 Å². The number of nitrogens with zero attached hydrogens (tertiary/aromatic N) is 6. The first-order valence-corrected chi connectivity index (χ1v) is 23.7. The van der Waals surface area contributed by atoms with Crippen molar-refractivity contribution in [2.24, 2.45) is 0 Å². The van der Waals surface area contributed by atoms with Crippen LogP contribution in [0.2, 0.25) is 0 Å². The summed E-state index contributed by atoms with van der Waals surface area (Å²) in [6, 6.07) is 23.6. The van der Waals surface area contributed by atoms with Crippen LogP contribution in [0.5, 0.6) is 17.2 Å². The molecule has 4 amide bonds. The first-order chi connectivity index (χ1) is 31.2. The van der Waals surface area contributed by atoms with E-state index in [1.54, 1.807) is 26.2 Å². The number of hydrogen-bond acceptors (Lipinski definition) is 11. The number of hydrogen-bond donors (Lipinski definition) is 1. The van der Waals surface area contributed by atoms with Gasteiger partial charge in [0.15, 0.2) is 0 Å². The lowest BCUT2D eigenvalue weighted by molar-refractivity contribution is -0.133. The second kappa shape index (κ2) is 23.5. The number of amides is 4. The topological polar surface area (TPSA) is 137 Å². The SMILES string of the molecule is COc1ccc(CN2CCC(Br)C2=O)cc1.COc1ccc(CN2CCC(N3CCN(C(=O)OC(C)(C)C)CC3)C2=O)cc1.COc1ccc(CN2CCC(N3CCNCC3)C2=O)cc1. The summed E-state index contributed by atoms with van der Waals surface area (Å²) in [7, 11) is 4.96. The van der Waals surface area contributed by atoms with Crippen molar-refractivity contribution < 1.29 is 38.1 Å². The van der Waals surface area contributed by atoms with Crippen molar-refractivity contribution >= 4 is 39.7 Å². The fourth-order valence-electron chi connectivity index (χ4n) is 8.68. The van der Waals surface area contributed by atoms with Gasteiger partial charge in [0.25, 0.3) is 0 Å². The van der Waals surface area contributed by atoms with E-state index in [1.807, 2.05) is 108 Å². The van der Waals surface area contributed by atoms with E-state index < -0.39 is 5.60 Å². The molecule has 0 aliphatic carbocycles. The van der Waals surface area contributed by atoms with Gasteiger partial charge >= 0.3 is 6.09 Å². The molecule has 0 saturated carbocycles. The number of ether oxygens (including phenoxy) is 4. The molecule has 15 nitrogen and oxygen atoms in total. The Bertz CT molecular complexity index is 2000. The molecule has 0 bridgehead atoms. The number of piperazine rings is 2. The smallest absolute Gasteiger partial charge is 0.410 e. The molecule has 5 fully saturated rings. The number of halogens is 1. The number of rotatable bonds is 11. The number of likely N-dealkylation sites (tertiary alicyclic amines) is 3. The van der Waals surface area contributed by atoms with Gasteiger partial charge in [-0.25, -0.2) is 4.79 Å². The molecule has 8 rings (SSSR count). The van der Waals surface area contributed by atoms with Gasteiger partial charge in [-0.1, -0.05) is 52.3 Å². The number of carbonyl (C=O) groups is 4. The lowest BCUT2D eigenvalue weighted by atomic mass is 10.1. The van der Waals surface area contributed by atoms with Crippen molar-refractivity contribution in [1.29, 1.82) is 0 Å². The molecule has 3 unspecified atom stereocenters. The number of alkyl halides is 1. The van der Waals surface area contributed by atoms with Gasteiger partial charge in [0.1, 0.15) is 22.8 Å². The lowest BCUT2D eigenvalue weighted by Crippen LogP contribution is -2.54. The minimum atomic E-state index is -0.488. The summed E-state index contributed by atoms with van der Waals surface area (Å²) in [5.41, 5.74) is 2.91. The molecular formula is C49H68BrN7O8. The zero-order valence-electron chi connectivity index (χ0n) is 39.0. The van der Waals surface area contributed by atoms with Crippen LogP contribution in [0, 0.1) is 0 Å². The normalized spacial score (nSPS) is 21.7. The second-order valence-corrected chi connectivity index (χ2v) is 19.1. The molecule has 65 heavy (non-hydrogen) atoms. The van der Waals surface area contributed by atoms with Gasteiger partial charge in [-0.2, -0.15) is 0 Å². The van der Waals surface area contributed by atoms with Gasteiger partial charge in [0, 0.05) is 91.6 Å². The predicted octanol–water partition coefficient (Wildman–Crippen LogP) is 5.24. The van der Waals surface area contributed by atoms with Crippen LogP contribution in [-0.2, 0) is 38.8 Å². The summed E-state index contributed by atoms with van der Waals surface area (Å²) in [5, 5.41) is 3.34. The summed E-state index contributed by atoms with van der Waals surface area (Å²) in [6.45, 7) is 16.6. The molecule has 0 radical (unpaired) electrons. The zero-order valence-corrected chi connectivity index (χ0v) is 40.6. The molecule has 0 spiro atoms. The molecule has 354 valence electrons. The van der Waals surface area contributed by atoms with Crippen LogP contribution in [0.1, 0.15) is 56.7 Å². The third kappa shape index (κ3) is 14.1. The Kier molecular flexibility index (Phi) is 17.9. The first-order valence-electron chi connectivity index (χ1n) is 22.8. The predicted molar refractivity (Wildman–Crippen MR) is 253 cm³/mol. The molecule has 16 heteroatoms. The quantitative estimate of drug-likeness (QED) is 0.253. The molecule has 0 aromatic heterocycles. The highest BCUT2D eigenvalue weighted by Gasteiger charge is 2.39. The average molecular weight is 963 g/mol. The standard InChI is InChI=1S/C21H31N3O4.C16H23N3O2.C12H14BrNO2/c1-21(2,3)28-20(26)23-13-11-22(12-14-23)18-9-10-24(19(18)25)15-16-5-7-17(27-4)8-6-16;1-21-14-4-2-13(3-5-14)12-19-9-6-15(16(19)20)18-10-7-17-8-11-18;1-16-10-4-2-9(3-5-10)8-14-7-6-11(13)12(14)15/h5-8,18H,9-15H2,1-4H3;2-5,15,17H,6-12H2,1H3;2-5,11H,6-8H2,1H3. The molecule has 5 aliphatic rings. The van der Waals surface area contributed by atoms with Gasteiger partial charge in [0.2, 0.25) is 17.7 Å². The van der Waals surface area contributed by atoms with Crippen molar-refractivity contribution in [1.82, 2.24) is 34.7 Å². The lowest BCUT2D eigenvalue weighted by Gasteiger charge is -2.37. The van der Waals surface area contributed by atoms with E-state index >= 15 is 0 Å². The number of benzene rings is 3. The largest absolute Gasteiger partial charge is 0.497 e. The molecule has 5 aliphatic heterocycles. The zero-order chi connectivity index (χ0) is 46.5. The number of nitrogens with one attached hydrogen (secondary N) is 1. The first kappa shape index (κ1) is 49.5. The minimum absolute atomic E-state index is 0.00532. The summed E-state index contributed by atoms with van der Waals surface area (Å²) in [6.07, 6.45) is 2.41. The summed E-state index contributed by atoms with van der Waals surface area (Å²) >= 11 is 3.37. The highest BCUT2D eigenvalue weighted by molar-refractivity contribution is 9.10. The van der Waals surface area contributed by atoms with Crippen molar-refractivity contribution in [3.05, 3.63) is 89.5 Å². The highest BCUT2D eigenvalue weighted by Crippen LogP contribution is 2.25. The van der Waals surface area contributed by atoms with Crippen LogP contribution >= 0.6 is 15.9 Å². The highest BCUT2D eigenvalue weighted by atomic mass is 79.9. The van der Waals surface area contributed by atoms with E-state index in [0.29, 0.717) is 45.8 Å². The van der Waals surface area contributed by atoms with E-state index in [-0.39, 0.29) is 40.7 Å². The van der Waals surface area contributed by atoms with Crippen molar-refractivity contribution in [3.8, 4) is 17.2 Å². The number of methoxy groups -OCH3 is 3. The van der Waals surface area contributed by atoms with Crippen LogP contribution in [0.3, 0.4) is 0 Å². The summed E-state index contributed by atoms with van der Waals surface area (Å²) in [4.78, 5) is 61.4. The van der Waals surface area contributed by atoms with Crippen LogP contribution in [0.15, 0.2) is 72.8 Å². The van der Waals surface area contributed by atoms with E-state index in [0.717, 1.165) is 99.0 Å². The Morgan fingerprint density at radius 3 is 1.28 bits per heavy atom. The molecule has 1 N–H and O–H groups in total. The third-order valence-electron chi connectivity index (χ3n) is 12.4. The van der Waals surface area contributed by atoms with Crippen LogP contribution in [0.4, 0.5) is 4.79 Å². The molecule has 3 aromatic rings.